The van der Waals surface area contributed by atoms with Gasteiger partial charge < -0.3 is 0 Å². The minimum atomic E-state index is -0.229. The van der Waals surface area contributed by atoms with E-state index in [4.69, 9.17) is 0 Å². The van der Waals surface area contributed by atoms with E-state index >= 15 is 0 Å². The van der Waals surface area contributed by atoms with Crippen LogP contribution in [0.4, 0.5) is 4.39 Å². The van der Waals surface area contributed by atoms with Crippen LogP contribution in [0, 0.1) is 5.82 Å². The SMILES string of the molecule is Fc1ccc(Sc2ncc(Br)cc2Br)cc1. The summed E-state index contributed by atoms with van der Waals surface area (Å²) < 4.78 is 14.5. The molecular formula is C11H6Br2FNS. The second-order valence-electron chi connectivity index (χ2n) is 3.00. The number of pyridine rings is 1. The molecule has 0 saturated carbocycles. The van der Waals surface area contributed by atoms with Gasteiger partial charge in [0.25, 0.3) is 0 Å². The molecule has 0 aliphatic carbocycles. The van der Waals surface area contributed by atoms with Crippen molar-refractivity contribution in [2.24, 2.45) is 0 Å². The maximum Gasteiger partial charge on any atom is 0.123 e. The van der Waals surface area contributed by atoms with Crippen molar-refractivity contribution in [2.45, 2.75) is 9.92 Å². The molecule has 0 amide bonds. The number of hydrogen-bond donors (Lipinski definition) is 0. The van der Waals surface area contributed by atoms with Gasteiger partial charge in [0.2, 0.25) is 0 Å². The Morgan fingerprint density at radius 1 is 1.12 bits per heavy atom. The van der Waals surface area contributed by atoms with E-state index in [9.17, 15) is 4.39 Å². The van der Waals surface area contributed by atoms with Gasteiger partial charge in [-0.1, -0.05) is 11.8 Å². The van der Waals surface area contributed by atoms with E-state index in [0.717, 1.165) is 18.9 Å². The minimum Gasteiger partial charge on any atom is -0.247 e. The van der Waals surface area contributed by atoms with Gasteiger partial charge in [-0.15, -0.1) is 0 Å². The smallest absolute Gasteiger partial charge is 0.123 e. The van der Waals surface area contributed by atoms with E-state index < -0.39 is 0 Å². The highest BCUT2D eigenvalue weighted by molar-refractivity contribution is 9.11. The molecule has 0 radical (unpaired) electrons. The molecule has 2 aromatic rings. The van der Waals surface area contributed by atoms with Gasteiger partial charge in [0, 0.05) is 15.6 Å². The fraction of sp³-hybridized carbons (Fsp3) is 0. The zero-order chi connectivity index (χ0) is 11.5. The van der Waals surface area contributed by atoms with Gasteiger partial charge in [-0.05, 0) is 62.2 Å². The van der Waals surface area contributed by atoms with Gasteiger partial charge in [0.15, 0.2) is 0 Å². The summed E-state index contributed by atoms with van der Waals surface area (Å²) in [6, 6.07) is 8.27. The lowest BCUT2D eigenvalue weighted by atomic mass is 10.4. The standard InChI is InChI=1S/C11H6Br2FNS/c12-7-5-10(13)11(15-6-7)16-9-3-1-8(14)2-4-9/h1-6H. The highest BCUT2D eigenvalue weighted by atomic mass is 79.9. The summed E-state index contributed by atoms with van der Waals surface area (Å²) in [4.78, 5) is 5.23. The van der Waals surface area contributed by atoms with Crippen molar-refractivity contribution in [3.63, 3.8) is 0 Å². The summed E-state index contributed by atoms with van der Waals surface area (Å²) in [5.74, 6) is -0.229. The van der Waals surface area contributed by atoms with Crippen LogP contribution in [0.15, 0.2) is 55.4 Å². The molecular weight excluding hydrogens is 357 g/mol. The van der Waals surface area contributed by atoms with Crippen LogP contribution in [0.3, 0.4) is 0 Å². The van der Waals surface area contributed by atoms with E-state index in [1.165, 1.54) is 23.9 Å². The van der Waals surface area contributed by atoms with Crippen molar-refractivity contribution >= 4 is 43.6 Å². The van der Waals surface area contributed by atoms with Crippen molar-refractivity contribution in [3.8, 4) is 0 Å². The number of rotatable bonds is 2. The van der Waals surface area contributed by atoms with Crippen LogP contribution in [0.5, 0.6) is 0 Å². The Hall–Kier alpha value is -0.390. The fourth-order valence-electron chi connectivity index (χ4n) is 1.09. The molecule has 0 aliphatic heterocycles. The third-order valence-corrected chi connectivity index (χ3v) is 4.13. The molecule has 0 fully saturated rings. The molecule has 0 unspecified atom stereocenters. The van der Waals surface area contributed by atoms with Crippen LogP contribution < -0.4 is 0 Å². The second kappa shape index (κ2) is 5.29. The monoisotopic (exact) mass is 361 g/mol. The average Bonchev–Trinajstić information content (AvgIpc) is 2.25. The van der Waals surface area contributed by atoms with Crippen molar-refractivity contribution in [2.75, 3.05) is 0 Å². The molecule has 1 nitrogen and oxygen atoms in total. The molecule has 0 spiro atoms. The molecule has 0 saturated heterocycles. The number of nitrogens with zero attached hydrogens (tertiary/aromatic N) is 1. The lowest BCUT2D eigenvalue weighted by molar-refractivity contribution is 0.626. The van der Waals surface area contributed by atoms with Gasteiger partial charge in [0.05, 0.1) is 4.47 Å². The molecule has 2 rings (SSSR count). The van der Waals surface area contributed by atoms with E-state index in [-0.39, 0.29) is 5.82 Å². The molecule has 5 heteroatoms. The van der Waals surface area contributed by atoms with E-state index in [2.05, 4.69) is 36.8 Å². The Morgan fingerprint density at radius 2 is 1.81 bits per heavy atom. The molecule has 0 aliphatic rings. The topological polar surface area (TPSA) is 12.9 Å². The first kappa shape index (κ1) is 12.1. The zero-order valence-electron chi connectivity index (χ0n) is 7.95. The minimum absolute atomic E-state index is 0.229. The zero-order valence-corrected chi connectivity index (χ0v) is 11.9. The predicted molar refractivity (Wildman–Crippen MR) is 70.2 cm³/mol. The molecule has 16 heavy (non-hydrogen) atoms. The Balaban J connectivity index is 2.23. The highest BCUT2D eigenvalue weighted by Crippen LogP contribution is 2.32. The maximum atomic E-state index is 12.7. The molecule has 0 atom stereocenters. The summed E-state index contributed by atoms with van der Waals surface area (Å²) in [6.45, 7) is 0. The van der Waals surface area contributed by atoms with Gasteiger partial charge in [0.1, 0.15) is 10.8 Å². The number of benzene rings is 1. The second-order valence-corrected chi connectivity index (χ2v) is 5.83. The van der Waals surface area contributed by atoms with Gasteiger partial charge in [-0.25, -0.2) is 9.37 Å². The Morgan fingerprint density at radius 3 is 2.44 bits per heavy atom. The van der Waals surface area contributed by atoms with Crippen molar-refractivity contribution in [1.82, 2.24) is 4.98 Å². The Labute approximate surface area is 114 Å². The van der Waals surface area contributed by atoms with Gasteiger partial charge >= 0.3 is 0 Å². The van der Waals surface area contributed by atoms with Crippen LogP contribution in [0.1, 0.15) is 0 Å². The van der Waals surface area contributed by atoms with Crippen LogP contribution >= 0.6 is 43.6 Å². The normalized spacial score (nSPS) is 10.4. The average molecular weight is 363 g/mol. The van der Waals surface area contributed by atoms with E-state index in [1.807, 2.05) is 6.07 Å². The Bertz CT molecular complexity index is 502. The van der Waals surface area contributed by atoms with Gasteiger partial charge in [-0.3, -0.25) is 0 Å². The lowest BCUT2D eigenvalue weighted by Crippen LogP contribution is -1.82. The number of halogens is 3. The Kier molecular flexibility index (Phi) is 4.00. The molecule has 0 bridgehead atoms. The largest absolute Gasteiger partial charge is 0.247 e. The lowest BCUT2D eigenvalue weighted by Gasteiger charge is -2.03. The van der Waals surface area contributed by atoms with Crippen molar-refractivity contribution < 1.29 is 4.39 Å². The summed E-state index contributed by atoms with van der Waals surface area (Å²) in [5.41, 5.74) is 0. The molecule has 1 aromatic heterocycles. The highest BCUT2D eigenvalue weighted by Gasteiger charge is 2.04. The summed E-state index contributed by atoms with van der Waals surface area (Å²) in [6.07, 6.45) is 1.73. The first-order valence-corrected chi connectivity index (χ1v) is 6.80. The summed E-state index contributed by atoms with van der Waals surface area (Å²) in [7, 11) is 0. The summed E-state index contributed by atoms with van der Waals surface area (Å²) in [5, 5.41) is 0.856. The third-order valence-electron chi connectivity index (χ3n) is 1.80. The maximum absolute atomic E-state index is 12.7. The van der Waals surface area contributed by atoms with Crippen LogP contribution in [-0.2, 0) is 0 Å². The molecule has 1 aromatic carbocycles. The van der Waals surface area contributed by atoms with Crippen molar-refractivity contribution in [3.05, 3.63) is 51.3 Å². The number of hydrogen-bond acceptors (Lipinski definition) is 2. The van der Waals surface area contributed by atoms with E-state index in [0.29, 0.717) is 0 Å². The molecule has 1 heterocycles. The molecule has 82 valence electrons. The predicted octanol–water partition coefficient (Wildman–Crippen LogP) is 4.90. The summed E-state index contributed by atoms with van der Waals surface area (Å²) >= 11 is 8.26. The van der Waals surface area contributed by atoms with E-state index in [1.54, 1.807) is 18.3 Å². The first-order valence-electron chi connectivity index (χ1n) is 4.39. The first-order chi connectivity index (χ1) is 7.65. The van der Waals surface area contributed by atoms with Crippen LogP contribution in [-0.4, -0.2) is 4.98 Å². The quantitative estimate of drug-likeness (QED) is 0.753. The van der Waals surface area contributed by atoms with Gasteiger partial charge in [-0.2, -0.15) is 0 Å². The van der Waals surface area contributed by atoms with Crippen LogP contribution in [0.25, 0.3) is 0 Å². The van der Waals surface area contributed by atoms with Crippen molar-refractivity contribution in [1.29, 1.82) is 0 Å². The fourth-order valence-corrected chi connectivity index (χ4v) is 3.08. The van der Waals surface area contributed by atoms with Crippen LogP contribution in [0.2, 0.25) is 0 Å². The third kappa shape index (κ3) is 3.06. The molecule has 0 N–H and O–H groups in total. The number of aromatic nitrogens is 1.